The summed E-state index contributed by atoms with van der Waals surface area (Å²) in [5.74, 6) is -1.45. The topological polar surface area (TPSA) is 77.8 Å². The molecule has 1 aliphatic rings. The number of carboxylic acids is 1. The highest BCUT2D eigenvalue weighted by atomic mass is 32.2. The average molecular weight is 309 g/mol. The third-order valence-corrected chi connectivity index (χ3v) is 4.07. The van der Waals surface area contributed by atoms with E-state index in [1.54, 1.807) is 18.2 Å². The Balaban J connectivity index is 2.30. The van der Waals surface area contributed by atoms with Crippen molar-refractivity contribution in [2.45, 2.75) is 13.0 Å². The van der Waals surface area contributed by atoms with Crippen LogP contribution in [0.5, 0.6) is 5.75 Å². The van der Waals surface area contributed by atoms with Gasteiger partial charge in [0.15, 0.2) is 0 Å². The van der Waals surface area contributed by atoms with E-state index in [9.17, 15) is 14.7 Å². The molecular formula is C13H11NO4S2. The van der Waals surface area contributed by atoms with Gasteiger partial charge in [-0.3, -0.25) is 9.69 Å². The van der Waals surface area contributed by atoms with E-state index in [1.807, 2.05) is 0 Å². The molecular weight excluding hydrogens is 298 g/mol. The predicted molar refractivity (Wildman–Crippen MR) is 80.2 cm³/mol. The minimum absolute atomic E-state index is 0.0909. The van der Waals surface area contributed by atoms with Crippen molar-refractivity contribution < 1.29 is 19.8 Å². The van der Waals surface area contributed by atoms with Crippen LogP contribution in [-0.4, -0.2) is 37.4 Å². The zero-order chi connectivity index (χ0) is 14.9. The Morgan fingerprint density at radius 2 is 2.20 bits per heavy atom. The molecule has 2 rings (SSSR count). The third-order valence-electron chi connectivity index (χ3n) is 2.74. The van der Waals surface area contributed by atoms with Crippen LogP contribution in [0.4, 0.5) is 0 Å². The standard InChI is InChI=1S/C13H11NO4S2/c1-7(12(17)18)14-11(16)10(20-13(14)19)6-8-3-2-4-9(15)5-8/h2-7,15H,1H3,(H,17,18)/b10-6+. The Morgan fingerprint density at radius 3 is 2.80 bits per heavy atom. The smallest absolute Gasteiger partial charge is 0.326 e. The van der Waals surface area contributed by atoms with E-state index in [0.717, 1.165) is 16.7 Å². The molecule has 2 N–H and O–H groups in total. The summed E-state index contributed by atoms with van der Waals surface area (Å²) in [4.78, 5) is 24.6. The third kappa shape index (κ3) is 2.83. The lowest BCUT2D eigenvalue weighted by Crippen LogP contribution is -2.41. The zero-order valence-corrected chi connectivity index (χ0v) is 12.1. The second-order valence-corrected chi connectivity index (χ2v) is 5.84. The first-order chi connectivity index (χ1) is 9.40. The maximum absolute atomic E-state index is 12.2. The monoisotopic (exact) mass is 309 g/mol. The van der Waals surface area contributed by atoms with Gasteiger partial charge in [0.2, 0.25) is 0 Å². The van der Waals surface area contributed by atoms with E-state index in [2.05, 4.69) is 0 Å². The Morgan fingerprint density at radius 1 is 1.50 bits per heavy atom. The number of carbonyl (C=O) groups is 2. The SMILES string of the molecule is CC(C(=O)O)N1C(=O)/C(=C\c2cccc(O)c2)SC1=S. The number of amides is 1. The van der Waals surface area contributed by atoms with E-state index in [-0.39, 0.29) is 10.1 Å². The molecule has 1 atom stereocenters. The van der Waals surface area contributed by atoms with E-state index < -0.39 is 17.9 Å². The molecule has 1 unspecified atom stereocenters. The van der Waals surface area contributed by atoms with Crippen molar-refractivity contribution in [3.8, 4) is 5.75 Å². The van der Waals surface area contributed by atoms with Crippen molar-refractivity contribution in [2.24, 2.45) is 0 Å². The summed E-state index contributed by atoms with van der Waals surface area (Å²) in [7, 11) is 0. The van der Waals surface area contributed by atoms with E-state index >= 15 is 0 Å². The van der Waals surface area contributed by atoms with Gasteiger partial charge in [-0.1, -0.05) is 36.1 Å². The van der Waals surface area contributed by atoms with Gasteiger partial charge in [0.1, 0.15) is 16.1 Å². The maximum atomic E-state index is 12.2. The summed E-state index contributed by atoms with van der Waals surface area (Å²) in [6.07, 6.45) is 1.58. The number of phenols is 1. The summed E-state index contributed by atoms with van der Waals surface area (Å²) >= 11 is 6.10. The van der Waals surface area contributed by atoms with Gasteiger partial charge in [0.05, 0.1) is 4.91 Å². The van der Waals surface area contributed by atoms with Crippen molar-refractivity contribution in [3.05, 3.63) is 34.7 Å². The molecule has 104 valence electrons. The molecule has 0 aliphatic carbocycles. The van der Waals surface area contributed by atoms with Gasteiger partial charge < -0.3 is 10.2 Å². The number of rotatable bonds is 3. The molecule has 1 aliphatic heterocycles. The van der Waals surface area contributed by atoms with Crippen LogP contribution in [0.2, 0.25) is 0 Å². The van der Waals surface area contributed by atoms with Gasteiger partial charge in [-0.15, -0.1) is 0 Å². The van der Waals surface area contributed by atoms with E-state index in [4.69, 9.17) is 17.3 Å². The fourth-order valence-corrected chi connectivity index (χ4v) is 3.11. The normalized spacial score (nSPS) is 18.6. The Labute approximate surface area is 124 Å². The van der Waals surface area contributed by atoms with Crippen molar-refractivity contribution in [1.82, 2.24) is 4.90 Å². The van der Waals surface area contributed by atoms with E-state index in [1.165, 1.54) is 19.1 Å². The number of carbonyl (C=O) groups excluding carboxylic acids is 1. The van der Waals surface area contributed by atoms with Gasteiger partial charge in [0, 0.05) is 0 Å². The lowest BCUT2D eigenvalue weighted by atomic mass is 10.2. The van der Waals surface area contributed by atoms with Gasteiger partial charge in [-0.2, -0.15) is 0 Å². The fourth-order valence-electron chi connectivity index (χ4n) is 1.69. The molecule has 0 bridgehead atoms. The number of nitrogens with zero attached hydrogens (tertiary/aromatic N) is 1. The molecule has 0 spiro atoms. The number of carboxylic acid groups (broad SMARTS) is 1. The largest absolute Gasteiger partial charge is 0.508 e. The van der Waals surface area contributed by atoms with Crippen molar-refractivity contribution >= 4 is 46.3 Å². The first-order valence-corrected chi connectivity index (χ1v) is 6.91. The molecule has 0 saturated carbocycles. The van der Waals surface area contributed by atoms with Gasteiger partial charge in [-0.05, 0) is 30.7 Å². The predicted octanol–water partition coefficient (Wildman–Crippen LogP) is 2.07. The number of aromatic hydroxyl groups is 1. The number of aliphatic carboxylic acids is 1. The molecule has 20 heavy (non-hydrogen) atoms. The number of benzene rings is 1. The minimum atomic E-state index is -1.11. The molecule has 1 saturated heterocycles. The minimum Gasteiger partial charge on any atom is -0.508 e. The van der Waals surface area contributed by atoms with Gasteiger partial charge in [-0.25, -0.2) is 4.79 Å². The van der Waals surface area contributed by atoms with Crippen LogP contribution in [0.3, 0.4) is 0 Å². The maximum Gasteiger partial charge on any atom is 0.326 e. The highest BCUT2D eigenvalue weighted by Crippen LogP contribution is 2.34. The summed E-state index contributed by atoms with van der Waals surface area (Å²) in [5, 5.41) is 18.4. The summed E-state index contributed by atoms with van der Waals surface area (Å²) in [6, 6.07) is 5.41. The molecule has 0 aromatic heterocycles. The number of hydrogen-bond donors (Lipinski definition) is 2. The van der Waals surface area contributed by atoms with Crippen LogP contribution >= 0.6 is 24.0 Å². The molecule has 1 aromatic rings. The number of thiocarbonyl (C=S) groups is 1. The Kier molecular flexibility index (Phi) is 4.10. The first-order valence-electron chi connectivity index (χ1n) is 5.69. The van der Waals surface area contributed by atoms with Crippen molar-refractivity contribution in [1.29, 1.82) is 0 Å². The van der Waals surface area contributed by atoms with Gasteiger partial charge in [0.25, 0.3) is 5.91 Å². The number of thioether (sulfide) groups is 1. The molecule has 1 heterocycles. The zero-order valence-electron chi connectivity index (χ0n) is 10.4. The van der Waals surface area contributed by atoms with Crippen LogP contribution in [0.15, 0.2) is 29.2 Å². The van der Waals surface area contributed by atoms with Crippen LogP contribution in [0, 0.1) is 0 Å². The van der Waals surface area contributed by atoms with Crippen LogP contribution in [0.25, 0.3) is 6.08 Å². The molecule has 1 amide bonds. The molecule has 1 aromatic carbocycles. The number of phenolic OH excluding ortho intramolecular Hbond substituents is 1. The lowest BCUT2D eigenvalue weighted by molar-refractivity contribution is -0.144. The molecule has 0 radical (unpaired) electrons. The second kappa shape index (κ2) is 5.64. The summed E-state index contributed by atoms with van der Waals surface area (Å²) in [5.41, 5.74) is 0.647. The second-order valence-electron chi connectivity index (χ2n) is 4.16. The Bertz CT molecular complexity index is 627. The molecule has 1 fully saturated rings. The quantitative estimate of drug-likeness (QED) is 0.657. The van der Waals surface area contributed by atoms with Gasteiger partial charge >= 0.3 is 5.97 Å². The van der Waals surface area contributed by atoms with Crippen LogP contribution < -0.4 is 0 Å². The molecule has 5 nitrogen and oxygen atoms in total. The number of hydrogen-bond acceptors (Lipinski definition) is 5. The first kappa shape index (κ1) is 14.5. The summed E-state index contributed by atoms with van der Waals surface area (Å²) < 4.78 is 0.219. The lowest BCUT2D eigenvalue weighted by Gasteiger charge is -2.18. The van der Waals surface area contributed by atoms with Crippen molar-refractivity contribution in [3.63, 3.8) is 0 Å². The van der Waals surface area contributed by atoms with Crippen molar-refractivity contribution in [2.75, 3.05) is 0 Å². The summed E-state index contributed by atoms with van der Waals surface area (Å²) in [6.45, 7) is 1.41. The average Bonchev–Trinajstić information content (AvgIpc) is 2.63. The fraction of sp³-hybridized carbons (Fsp3) is 0.154. The highest BCUT2D eigenvalue weighted by molar-refractivity contribution is 8.26. The van der Waals surface area contributed by atoms with E-state index in [0.29, 0.717) is 10.5 Å². The Hall–Kier alpha value is -1.86. The van der Waals surface area contributed by atoms with Crippen LogP contribution in [0.1, 0.15) is 12.5 Å². The van der Waals surface area contributed by atoms with Crippen LogP contribution in [-0.2, 0) is 9.59 Å². The molecule has 7 heteroatoms. The highest BCUT2D eigenvalue weighted by Gasteiger charge is 2.38.